The zero-order valence-electron chi connectivity index (χ0n) is 11.2. The lowest BCUT2D eigenvalue weighted by molar-refractivity contribution is 0.245. The average Bonchev–Trinajstić information content (AvgIpc) is 2.28. The van der Waals surface area contributed by atoms with Gasteiger partial charge in [-0.25, -0.2) is 0 Å². The van der Waals surface area contributed by atoms with Gasteiger partial charge in [-0.1, -0.05) is 25.8 Å². The summed E-state index contributed by atoms with van der Waals surface area (Å²) in [6, 6.07) is 2.31. The zero-order chi connectivity index (χ0) is 12.4. The van der Waals surface area contributed by atoms with Gasteiger partial charge in [0.05, 0.1) is 11.7 Å². The molecule has 2 N–H and O–H groups in total. The first-order valence-electron chi connectivity index (χ1n) is 6.76. The van der Waals surface area contributed by atoms with Crippen molar-refractivity contribution in [3.05, 3.63) is 29.1 Å². The summed E-state index contributed by atoms with van der Waals surface area (Å²) in [7, 11) is 0. The molecular weight excluding hydrogens is 208 g/mol. The molecule has 0 radical (unpaired) electrons. The molecule has 0 spiro atoms. The van der Waals surface area contributed by atoms with Crippen molar-refractivity contribution in [1.82, 2.24) is 4.98 Å². The van der Waals surface area contributed by atoms with E-state index in [-0.39, 0.29) is 6.04 Å². The Kier molecular flexibility index (Phi) is 3.82. The molecule has 1 aliphatic rings. The maximum Gasteiger partial charge on any atom is 0.0603 e. The van der Waals surface area contributed by atoms with Crippen LogP contribution in [0.4, 0.5) is 0 Å². The highest BCUT2D eigenvalue weighted by Gasteiger charge is 2.26. The van der Waals surface area contributed by atoms with Crippen LogP contribution in [0, 0.1) is 25.7 Å². The molecule has 0 bridgehead atoms. The smallest absolute Gasteiger partial charge is 0.0603 e. The van der Waals surface area contributed by atoms with Gasteiger partial charge in [0.2, 0.25) is 0 Å². The molecule has 1 fully saturated rings. The van der Waals surface area contributed by atoms with E-state index in [1.165, 1.54) is 36.8 Å². The molecule has 3 unspecified atom stereocenters. The fraction of sp³-hybridized carbons (Fsp3) is 0.667. The summed E-state index contributed by atoms with van der Waals surface area (Å²) in [5.74, 6) is 1.44. The summed E-state index contributed by atoms with van der Waals surface area (Å²) in [5.41, 5.74) is 9.99. The molecule has 2 nitrogen and oxygen atoms in total. The van der Waals surface area contributed by atoms with Gasteiger partial charge in [-0.2, -0.15) is 0 Å². The molecule has 1 aromatic heterocycles. The molecular formula is C15H24N2. The number of nitrogens with two attached hydrogens (primary N) is 1. The predicted octanol–water partition coefficient (Wildman–Crippen LogP) is 3.52. The third kappa shape index (κ3) is 2.86. The van der Waals surface area contributed by atoms with Crippen LogP contribution in [0.2, 0.25) is 0 Å². The SMILES string of the molecule is Cc1cnc(C(N)C2CCCC(C)C2)c(C)c1. The zero-order valence-corrected chi connectivity index (χ0v) is 11.2. The Morgan fingerprint density at radius 3 is 2.76 bits per heavy atom. The molecule has 0 amide bonds. The van der Waals surface area contributed by atoms with Gasteiger partial charge < -0.3 is 5.73 Å². The van der Waals surface area contributed by atoms with Gasteiger partial charge in [0, 0.05) is 6.20 Å². The molecule has 0 aromatic carbocycles. The van der Waals surface area contributed by atoms with Crippen molar-refractivity contribution in [2.45, 2.75) is 52.5 Å². The van der Waals surface area contributed by atoms with Gasteiger partial charge in [-0.15, -0.1) is 0 Å². The Balaban J connectivity index is 2.15. The fourth-order valence-electron chi connectivity index (χ4n) is 3.11. The van der Waals surface area contributed by atoms with Crippen molar-refractivity contribution in [3.63, 3.8) is 0 Å². The number of aromatic nitrogens is 1. The third-order valence-corrected chi connectivity index (χ3v) is 4.06. The second-order valence-corrected chi connectivity index (χ2v) is 5.77. The molecule has 94 valence electrons. The van der Waals surface area contributed by atoms with Crippen LogP contribution in [0.1, 0.15) is 55.5 Å². The lowest BCUT2D eigenvalue weighted by Crippen LogP contribution is -2.27. The molecule has 3 atom stereocenters. The van der Waals surface area contributed by atoms with Gasteiger partial charge in [-0.3, -0.25) is 4.98 Å². The minimum Gasteiger partial charge on any atom is -0.322 e. The number of hydrogen-bond acceptors (Lipinski definition) is 2. The van der Waals surface area contributed by atoms with Crippen molar-refractivity contribution >= 4 is 0 Å². The summed E-state index contributed by atoms with van der Waals surface area (Å²) in [6.45, 7) is 6.55. The Morgan fingerprint density at radius 2 is 2.12 bits per heavy atom. The molecule has 2 heteroatoms. The van der Waals surface area contributed by atoms with E-state index in [1.54, 1.807) is 0 Å². The van der Waals surface area contributed by atoms with Gasteiger partial charge in [-0.05, 0) is 49.7 Å². The van der Waals surface area contributed by atoms with Crippen molar-refractivity contribution in [3.8, 4) is 0 Å². The van der Waals surface area contributed by atoms with Crippen LogP contribution in [0.25, 0.3) is 0 Å². The van der Waals surface area contributed by atoms with Gasteiger partial charge in [0.15, 0.2) is 0 Å². The molecule has 1 aromatic rings. The molecule has 0 aliphatic heterocycles. The largest absolute Gasteiger partial charge is 0.322 e. The molecule has 1 saturated carbocycles. The molecule has 2 rings (SSSR count). The van der Waals surface area contributed by atoms with Crippen LogP contribution in [0.5, 0.6) is 0 Å². The van der Waals surface area contributed by atoms with Crippen LogP contribution in [0.3, 0.4) is 0 Å². The highest BCUT2D eigenvalue weighted by Crippen LogP contribution is 2.36. The Labute approximate surface area is 105 Å². The van der Waals surface area contributed by atoms with E-state index < -0.39 is 0 Å². The minimum atomic E-state index is 0.123. The van der Waals surface area contributed by atoms with E-state index >= 15 is 0 Å². The van der Waals surface area contributed by atoms with Crippen LogP contribution < -0.4 is 5.73 Å². The quantitative estimate of drug-likeness (QED) is 0.847. The summed E-state index contributed by atoms with van der Waals surface area (Å²) in [6.07, 6.45) is 7.15. The standard InChI is InChI=1S/C15H24N2/c1-10-5-4-6-13(8-10)14(16)15-12(3)7-11(2)9-17-15/h7,9-10,13-14H,4-6,8,16H2,1-3H3. The maximum atomic E-state index is 6.42. The number of rotatable bonds is 2. The second kappa shape index (κ2) is 5.18. The Morgan fingerprint density at radius 1 is 1.35 bits per heavy atom. The topological polar surface area (TPSA) is 38.9 Å². The van der Waals surface area contributed by atoms with E-state index in [2.05, 4.69) is 31.8 Å². The van der Waals surface area contributed by atoms with E-state index in [1.807, 2.05) is 6.20 Å². The van der Waals surface area contributed by atoms with Crippen molar-refractivity contribution in [2.24, 2.45) is 17.6 Å². The first-order chi connectivity index (χ1) is 8.08. The van der Waals surface area contributed by atoms with Gasteiger partial charge in [0.25, 0.3) is 0 Å². The third-order valence-electron chi connectivity index (χ3n) is 4.06. The van der Waals surface area contributed by atoms with Crippen molar-refractivity contribution in [2.75, 3.05) is 0 Å². The van der Waals surface area contributed by atoms with Crippen LogP contribution in [-0.4, -0.2) is 4.98 Å². The molecule has 0 saturated heterocycles. The highest BCUT2D eigenvalue weighted by atomic mass is 14.8. The first-order valence-corrected chi connectivity index (χ1v) is 6.76. The normalized spacial score (nSPS) is 26.8. The van der Waals surface area contributed by atoms with E-state index in [0.29, 0.717) is 5.92 Å². The Hall–Kier alpha value is -0.890. The van der Waals surface area contributed by atoms with Gasteiger partial charge >= 0.3 is 0 Å². The van der Waals surface area contributed by atoms with Crippen LogP contribution in [-0.2, 0) is 0 Å². The number of pyridine rings is 1. The van der Waals surface area contributed by atoms with E-state index in [4.69, 9.17) is 5.73 Å². The second-order valence-electron chi connectivity index (χ2n) is 5.77. The molecule has 1 heterocycles. The summed E-state index contributed by atoms with van der Waals surface area (Å²) >= 11 is 0. The van der Waals surface area contributed by atoms with Crippen molar-refractivity contribution in [1.29, 1.82) is 0 Å². The summed E-state index contributed by atoms with van der Waals surface area (Å²) in [5, 5.41) is 0. The van der Waals surface area contributed by atoms with E-state index in [0.717, 1.165) is 11.6 Å². The van der Waals surface area contributed by atoms with Crippen LogP contribution in [0.15, 0.2) is 12.3 Å². The summed E-state index contributed by atoms with van der Waals surface area (Å²) in [4.78, 5) is 4.55. The lowest BCUT2D eigenvalue weighted by Gasteiger charge is -2.31. The first kappa shape index (κ1) is 12.6. The Bertz CT molecular complexity index is 387. The molecule has 17 heavy (non-hydrogen) atoms. The number of aryl methyl sites for hydroxylation is 2. The van der Waals surface area contributed by atoms with Gasteiger partial charge in [0.1, 0.15) is 0 Å². The minimum absolute atomic E-state index is 0.123. The van der Waals surface area contributed by atoms with Crippen LogP contribution >= 0.6 is 0 Å². The highest BCUT2D eigenvalue weighted by molar-refractivity contribution is 5.25. The monoisotopic (exact) mass is 232 g/mol. The lowest BCUT2D eigenvalue weighted by atomic mass is 9.77. The fourth-order valence-corrected chi connectivity index (χ4v) is 3.11. The van der Waals surface area contributed by atoms with E-state index in [9.17, 15) is 0 Å². The predicted molar refractivity (Wildman–Crippen MR) is 71.8 cm³/mol. The maximum absolute atomic E-state index is 6.42. The summed E-state index contributed by atoms with van der Waals surface area (Å²) < 4.78 is 0. The number of nitrogens with zero attached hydrogens (tertiary/aromatic N) is 1. The average molecular weight is 232 g/mol. The molecule has 1 aliphatic carbocycles. The van der Waals surface area contributed by atoms with Crippen molar-refractivity contribution < 1.29 is 0 Å². The number of hydrogen-bond donors (Lipinski definition) is 1.